The van der Waals surface area contributed by atoms with Crippen LogP contribution < -0.4 is 0 Å². The maximum atomic E-state index is 6.03. The van der Waals surface area contributed by atoms with Crippen molar-refractivity contribution in [3.63, 3.8) is 0 Å². The molecule has 3 aromatic heterocycles. The molecule has 0 bridgehead atoms. The smallest absolute Gasteiger partial charge is 0.199 e. The van der Waals surface area contributed by atoms with Crippen molar-refractivity contribution in [2.75, 3.05) is 13.1 Å². The van der Waals surface area contributed by atoms with E-state index in [4.69, 9.17) is 4.42 Å². The summed E-state index contributed by atoms with van der Waals surface area (Å²) in [5.41, 5.74) is 0.924. The van der Waals surface area contributed by atoms with E-state index in [1.807, 2.05) is 31.2 Å². The highest BCUT2D eigenvalue weighted by Gasteiger charge is 2.17. The molecule has 0 aromatic carbocycles. The topological polar surface area (TPSA) is 60.0 Å². The van der Waals surface area contributed by atoms with Crippen molar-refractivity contribution in [1.82, 2.24) is 24.6 Å². The molecule has 6 heteroatoms. The highest BCUT2D eigenvalue weighted by Crippen LogP contribution is 2.24. The van der Waals surface area contributed by atoms with E-state index in [9.17, 15) is 0 Å². The molecule has 1 saturated heterocycles. The predicted molar refractivity (Wildman–Crippen MR) is 86.1 cm³/mol. The molecule has 1 fully saturated rings. The average Bonchev–Trinajstić information content (AvgIpc) is 3.29. The molecule has 0 N–H and O–H groups in total. The van der Waals surface area contributed by atoms with E-state index in [2.05, 4.69) is 20.0 Å². The number of nitrogens with zero attached hydrogens (tertiary/aromatic N) is 5. The lowest BCUT2D eigenvalue weighted by atomic mass is 10.3. The first-order chi connectivity index (χ1) is 11.3. The van der Waals surface area contributed by atoms with Crippen LogP contribution in [-0.2, 0) is 6.54 Å². The molecule has 4 heterocycles. The van der Waals surface area contributed by atoms with Crippen LogP contribution in [0.15, 0.2) is 41.1 Å². The Morgan fingerprint density at radius 2 is 1.87 bits per heavy atom. The molecule has 4 rings (SSSR count). The second-order valence-corrected chi connectivity index (χ2v) is 5.85. The Morgan fingerprint density at radius 1 is 1.09 bits per heavy atom. The molecule has 23 heavy (non-hydrogen) atoms. The molecule has 0 atom stereocenters. The summed E-state index contributed by atoms with van der Waals surface area (Å²) in [5, 5.41) is 4.48. The highest BCUT2D eigenvalue weighted by molar-refractivity contribution is 5.51. The van der Waals surface area contributed by atoms with Gasteiger partial charge in [-0.1, -0.05) is 0 Å². The summed E-state index contributed by atoms with van der Waals surface area (Å²) < 4.78 is 7.83. The predicted octanol–water partition coefficient (Wildman–Crippen LogP) is 2.83. The van der Waals surface area contributed by atoms with E-state index in [-0.39, 0.29) is 0 Å². The average molecular weight is 309 g/mol. The Balaban J connectivity index is 1.64. The number of aromatic nitrogens is 4. The van der Waals surface area contributed by atoms with Crippen molar-refractivity contribution in [3.05, 3.63) is 48.2 Å². The lowest BCUT2D eigenvalue weighted by Crippen LogP contribution is -2.17. The number of pyridine rings is 1. The summed E-state index contributed by atoms with van der Waals surface area (Å²) in [4.78, 5) is 11.0. The minimum Gasteiger partial charge on any atom is -0.456 e. The summed E-state index contributed by atoms with van der Waals surface area (Å²) in [6, 6.07) is 7.83. The number of furan rings is 1. The lowest BCUT2D eigenvalue weighted by molar-refractivity contribution is 0.299. The minimum atomic E-state index is 0.717. The largest absolute Gasteiger partial charge is 0.456 e. The zero-order chi connectivity index (χ0) is 15.6. The van der Waals surface area contributed by atoms with Crippen LogP contribution in [0.2, 0.25) is 0 Å². The number of hydrogen-bond acceptors (Lipinski definition) is 5. The van der Waals surface area contributed by atoms with Gasteiger partial charge in [-0.25, -0.2) is 9.67 Å². The molecular formula is C17H19N5O. The number of hydrogen-bond donors (Lipinski definition) is 0. The molecular weight excluding hydrogens is 290 g/mol. The van der Waals surface area contributed by atoms with Gasteiger partial charge in [0, 0.05) is 12.4 Å². The van der Waals surface area contributed by atoms with Crippen molar-refractivity contribution in [1.29, 1.82) is 0 Å². The molecule has 0 aliphatic carbocycles. The SMILES string of the molecule is Cc1nc(-c2ccc(CN3CCCC3)o2)n(-c2ccncc2)n1. The Labute approximate surface area is 134 Å². The van der Waals surface area contributed by atoms with Crippen LogP contribution in [0.4, 0.5) is 0 Å². The Kier molecular flexibility index (Phi) is 3.67. The monoisotopic (exact) mass is 309 g/mol. The van der Waals surface area contributed by atoms with Gasteiger partial charge in [-0.2, -0.15) is 5.10 Å². The second kappa shape index (κ2) is 5.96. The third kappa shape index (κ3) is 2.90. The van der Waals surface area contributed by atoms with Gasteiger partial charge in [-0.05, 0) is 57.1 Å². The van der Waals surface area contributed by atoms with Crippen LogP contribution in [0, 0.1) is 6.92 Å². The number of rotatable bonds is 4. The number of likely N-dealkylation sites (tertiary alicyclic amines) is 1. The van der Waals surface area contributed by atoms with Crippen molar-refractivity contribution < 1.29 is 4.42 Å². The van der Waals surface area contributed by atoms with Crippen molar-refractivity contribution in [3.8, 4) is 17.3 Å². The van der Waals surface area contributed by atoms with Gasteiger partial charge in [0.1, 0.15) is 11.6 Å². The van der Waals surface area contributed by atoms with E-state index in [0.29, 0.717) is 5.82 Å². The molecule has 0 saturated carbocycles. The van der Waals surface area contributed by atoms with Gasteiger partial charge in [0.05, 0.1) is 12.2 Å². The van der Waals surface area contributed by atoms with Crippen molar-refractivity contribution in [2.45, 2.75) is 26.3 Å². The summed E-state index contributed by atoms with van der Waals surface area (Å²) in [6.45, 7) is 5.06. The van der Waals surface area contributed by atoms with Gasteiger partial charge in [0.2, 0.25) is 0 Å². The fourth-order valence-electron chi connectivity index (χ4n) is 2.98. The van der Waals surface area contributed by atoms with Crippen LogP contribution in [0.3, 0.4) is 0 Å². The highest BCUT2D eigenvalue weighted by atomic mass is 16.3. The molecule has 1 aliphatic heterocycles. The Morgan fingerprint density at radius 3 is 2.65 bits per heavy atom. The van der Waals surface area contributed by atoms with Gasteiger partial charge in [0.25, 0.3) is 0 Å². The van der Waals surface area contributed by atoms with E-state index >= 15 is 0 Å². The first-order valence-corrected chi connectivity index (χ1v) is 7.95. The van der Waals surface area contributed by atoms with E-state index in [0.717, 1.165) is 42.7 Å². The third-order valence-corrected chi connectivity index (χ3v) is 4.08. The molecule has 118 valence electrons. The number of aryl methyl sites for hydroxylation is 1. The van der Waals surface area contributed by atoms with Crippen LogP contribution in [0.25, 0.3) is 17.3 Å². The normalized spacial score (nSPS) is 15.3. The quantitative estimate of drug-likeness (QED) is 0.741. The van der Waals surface area contributed by atoms with Gasteiger partial charge in [-0.3, -0.25) is 9.88 Å². The second-order valence-electron chi connectivity index (χ2n) is 5.85. The molecule has 3 aromatic rings. The zero-order valence-electron chi connectivity index (χ0n) is 13.1. The molecule has 1 aliphatic rings. The standard InChI is InChI=1S/C17H19N5O/c1-13-19-17(22(20-13)14-6-8-18-9-7-14)16-5-4-15(23-16)12-21-10-2-3-11-21/h4-9H,2-3,10-12H2,1H3. The molecule has 6 nitrogen and oxygen atoms in total. The maximum absolute atomic E-state index is 6.03. The summed E-state index contributed by atoms with van der Waals surface area (Å²) >= 11 is 0. The van der Waals surface area contributed by atoms with Crippen molar-refractivity contribution >= 4 is 0 Å². The van der Waals surface area contributed by atoms with Gasteiger partial charge < -0.3 is 4.42 Å². The first kappa shape index (κ1) is 14.1. The first-order valence-electron chi connectivity index (χ1n) is 7.95. The minimum absolute atomic E-state index is 0.717. The Hall–Kier alpha value is -2.47. The van der Waals surface area contributed by atoms with E-state index < -0.39 is 0 Å². The fraction of sp³-hybridized carbons (Fsp3) is 0.353. The van der Waals surface area contributed by atoms with Crippen molar-refractivity contribution in [2.24, 2.45) is 0 Å². The Bertz CT molecular complexity index is 786. The molecule has 0 unspecified atom stereocenters. The molecule has 0 amide bonds. The van der Waals surface area contributed by atoms with Gasteiger partial charge in [0.15, 0.2) is 11.6 Å². The molecule has 0 spiro atoms. The van der Waals surface area contributed by atoms with Crippen LogP contribution in [0.5, 0.6) is 0 Å². The van der Waals surface area contributed by atoms with E-state index in [1.165, 1.54) is 12.8 Å². The van der Waals surface area contributed by atoms with Gasteiger partial charge >= 0.3 is 0 Å². The maximum Gasteiger partial charge on any atom is 0.199 e. The third-order valence-electron chi connectivity index (χ3n) is 4.08. The van der Waals surface area contributed by atoms with Gasteiger partial charge in [-0.15, -0.1) is 0 Å². The van der Waals surface area contributed by atoms with Crippen LogP contribution >= 0.6 is 0 Å². The fourth-order valence-corrected chi connectivity index (χ4v) is 2.98. The summed E-state index contributed by atoms with van der Waals surface area (Å²) in [6.07, 6.45) is 6.06. The van der Waals surface area contributed by atoms with Crippen LogP contribution in [-0.4, -0.2) is 37.7 Å². The van der Waals surface area contributed by atoms with Crippen LogP contribution in [0.1, 0.15) is 24.4 Å². The summed E-state index contributed by atoms with van der Waals surface area (Å²) in [5.74, 6) is 3.16. The lowest BCUT2D eigenvalue weighted by Gasteiger charge is -2.11. The molecule has 0 radical (unpaired) electrons. The zero-order valence-corrected chi connectivity index (χ0v) is 13.1. The summed E-state index contributed by atoms with van der Waals surface area (Å²) in [7, 11) is 0. The van der Waals surface area contributed by atoms with E-state index in [1.54, 1.807) is 17.1 Å².